The molecule has 2 heteroatoms. The van der Waals surface area contributed by atoms with E-state index in [1.807, 2.05) is 12.3 Å². The van der Waals surface area contributed by atoms with Crippen LogP contribution in [0.1, 0.15) is 63.5 Å². The van der Waals surface area contributed by atoms with Gasteiger partial charge in [0.2, 0.25) is 0 Å². The molecule has 150 valence electrons. The molecule has 1 aromatic heterocycles. The van der Waals surface area contributed by atoms with Crippen molar-refractivity contribution in [2.45, 2.75) is 64.9 Å². The van der Waals surface area contributed by atoms with E-state index in [0.29, 0.717) is 6.10 Å². The van der Waals surface area contributed by atoms with Crippen molar-refractivity contribution in [2.75, 3.05) is 6.61 Å². The van der Waals surface area contributed by atoms with Crippen LogP contribution in [-0.2, 0) is 11.2 Å². The highest BCUT2D eigenvalue weighted by atomic mass is 16.5. The maximum atomic E-state index is 5.85. The number of ether oxygens (including phenoxy) is 1. The Kier molecular flexibility index (Phi) is 10.3. The third-order valence-electron chi connectivity index (χ3n) is 4.85. The van der Waals surface area contributed by atoms with E-state index >= 15 is 0 Å². The highest BCUT2D eigenvalue weighted by Gasteiger charge is 2.01. The molecule has 0 aliphatic rings. The molecule has 0 saturated carbocycles. The molecule has 1 atom stereocenters. The number of aromatic nitrogens is 1. The first-order valence-electron chi connectivity index (χ1n) is 10.7. The van der Waals surface area contributed by atoms with Gasteiger partial charge in [-0.25, -0.2) is 0 Å². The van der Waals surface area contributed by atoms with Crippen molar-refractivity contribution in [1.29, 1.82) is 0 Å². The molecule has 0 saturated heterocycles. The van der Waals surface area contributed by atoms with Gasteiger partial charge >= 0.3 is 0 Å². The van der Waals surface area contributed by atoms with Gasteiger partial charge in [0, 0.05) is 18.4 Å². The summed E-state index contributed by atoms with van der Waals surface area (Å²) < 4.78 is 5.85. The molecule has 0 aliphatic carbocycles. The van der Waals surface area contributed by atoms with Crippen LogP contribution in [0.25, 0.3) is 17.3 Å². The highest BCUT2D eigenvalue weighted by Crippen LogP contribution is 2.19. The third-order valence-corrected chi connectivity index (χ3v) is 4.85. The second kappa shape index (κ2) is 13.1. The average Bonchev–Trinajstić information content (AvgIpc) is 2.72. The van der Waals surface area contributed by atoms with Gasteiger partial charge in [-0.1, -0.05) is 68.3 Å². The van der Waals surface area contributed by atoms with E-state index in [1.54, 1.807) is 0 Å². The summed E-state index contributed by atoms with van der Waals surface area (Å²) in [5.41, 5.74) is 4.59. The van der Waals surface area contributed by atoms with Crippen molar-refractivity contribution in [3.05, 3.63) is 72.5 Å². The first-order chi connectivity index (χ1) is 13.7. The van der Waals surface area contributed by atoms with Crippen molar-refractivity contribution in [2.24, 2.45) is 0 Å². The van der Waals surface area contributed by atoms with Gasteiger partial charge in [-0.15, -0.1) is 6.58 Å². The van der Waals surface area contributed by atoms with Gasteiger partial charge in [-0.05, 0) is 56.2 Å². The maximum Gasteiger partial charge on any atom is 0.0702 e. The third kappa shape index (κ3) is 8.22. The lowest BCUT2D eigenvalue weighted by molar-refractivity contribution is 0.0566. The van der Waals surface area contributed by atoms with Gasteiger partial charge in [0.25, 0.3) is 0 Å². The zero-order chi connectivity index (χ0) is 20.0. The number of hydrogen-bond acceptors (Lipinski definition) is 2. The van der Waals surface area contributed by atoms with Crippen LogP contribution in [0.4, 0.5) is 0 Å². The molecule has 2 rings (SSSR count). The molecule has 0 spiro atoms. The number of pyridine rings is 1. The van der Waals surface area contributed by atoms with Crippen LogP contribution in [0.3, 0.4) is 0 Å². The molecule has 0 fully saturated rings. The fourth-order valence-corrected chi connectivity index (χ4v) is 3.11. The first kappa shape index (κ1) is 22.1. The molecule has 0 radical (unpaired) electrons. The van der Waals surface area contributed by atoms with E-state index in [9.17, 15) is 0 Å². The van der Waals surface area contributed by atoms with Crippen molar-refractivity contribution in [3.8, 4) is 11.3 Å². The number of nitrogens with zero attached hydrogens (tertiary/aromatic N) is 1. The minimum atomic E-state index is 0.370. The number of rotatable bonds is 13. The molecule has 28 heavy (non-hydrogen) atoms. The Morgan fingerprint density at radius 3 is 2.57 bits per heavy atom. The van der Waals surface area contributed by atoms with Crippen LogP contribution < -0.4 is 0 Å². The fourth-order valence-electron chi connectivity index (χ4n) is 3.11. The van der Waals surface area contributed by atoms with Gasteiger partial charge in [0.1, 0.15) is 0 Å². The van der Waals surface area contributed by atoms with Gasteiger partial charge in [0.05, 0.1) is 11.8 Å². The molecule has 1 unspecified atom stereocenters. The van der Waals surface area contributed by atoms with Gasteiger partial charge in [0.15, 0.2) is 0 Å². The minimum Gasteiger partial charge on any atom is -0.379 e. The molecule has 2 nitrogen and oxygen atoms in total. The minimum absolute atomic E-state index is 0.370. The number of benzene rings is 1. The Morgan fingerprint density at radius 2 is 1.89 bits per heavy atom. The molecule has 2 aromatic rings. The fraction of sp³-hybridized carbons (Fsp3) is 0.423. The Balaban J connectivity index is 1.72. The lowest BCUT2D eigenvalue weighted by atomic mass is 10.1. The zero-order valence-corrected chi connectivity index (χ0v) is 17.6. The van der Waals surface area contributed by atoms with Gasteiger partial charge in [-0.3, -0.25) is 4.98 Å². The van der Waals surface area contributed by atoms with E-state index < -0.39 is 0 Å². The lowest BCUT2D eigenvalue weighted by Crippen LogP contribution is -2.08. The van der Waals surface area contributed by atoms with Gasteiger partial charge in [-0.2, -0.15) is 0 Å². The molecule has 0 N–H and O–H groups in total. The number of hydrogen-bond donors (Lipinski definition) is 0. The van der Waals surface area contributed by atoms with E-state index in [1.165, 1.54) is 36.8 Å². The quantitative estimate of drug-likeness (QED) is 0.271. The topological polar surface area (TPSA) is 22.1 Å². The summed E-state index contributed by atoms with van der Waals surface area (Å²) in [5.74, 6) is 0. The summed E-state index contributed by atoms with van der Waals surface area (Å²) in [7, 11) is 0. The maximum absolute atomic E-state index is 5.85. The Labute approximate surface area is 171 Å². The summed E-state index contributed by atoms with van der Waals surface area (Å²) in [6, 6.07) is 12.8. The van der Waals surface area contributed by atoms with Crippen LogP contribution >= 0.6 is 0 Å². The van der Waals surface area contributed by atoms with E-state index in [4.69, 9.17) is 4.74 Å². The summed E-state index contributed by atoms with van der Waals surface area (Å²) >= 11 is 0. The second-order valence-corrected chi connectivity index (χ2v) is 7.39. The largest absolute Gasteiger partial charge is 0.379 e. The average molecular weight is 378 g/mol. The molecule has 0 aliphatic heterocycles. The Morgan fingerprint density at radius 1 is 1.07 bits per heavy atom. The number of allylic oxidation sites excluding steroid dienone is 2. The highest BCUT2D eigenvalue weighted by molar-refractivity contribution is 5.62. The predicted molar refractivity (Wildman–Crippen MR) is 121 cm³/mol. The van der Waals surface area contributed by atoms with Crippen LogP contribution in [0.5, 0.6) is 0 Å². The molecule has 0 bridgehead atoms. The SMILES string of the molecule is C=CCc1ccc(-c2ccc(C=CCCCC(C)OCCCCC)cc2)nc1. The summed E-state index contributed by atoms with van der Waals surface area (Å²) in [4.78, 5) is 4.55. The molecular formula is C26H35NO. The van der Waals surface area contributed by atoms with Gasteiger partial charge < -0.3 is 4.74 Å². The zero-order valence-electron chi connectivity index (χ0n) is 17.6. The first-order valence-corrected chi connectivity index (χ1v) is 10.7. The predicted octanol–water partition coefficient (Wildman–Crippen LogP) is 7.26. The summed E-state index contributed by atoms with van der Waals surface area (Å²) in [5, 5.41) is 0. The van der Waals surface area contributed by atoms with Crippen molar-refractivity contribution < 1.29 is 4.74 Å². The van der Waals surface area contributed by atoms with Crippen molar-refractivity contribution >= 4 is 6.08 Å². The standard InChI is InChI=1S/C26H35NO/c1-4-6-10-20-28-22(3)12-8-7-9-13-23-14-17-25(18-15-23)26-19-16-24(11-5-2)21-27-26/h5,9,13-19,21-22H,2,4,6-8,10-12,20H2,1,3H3. The van der Waals surface area contributed by atoms with Crippen LogP contribution in [-0.4, -0.2) is 17.7 Å². The summed E-state index contributed by atoms with van der Waals surface area (Å²) in [6.45, 7) is 9.08. The van der Waals surface area contributed by atoms with E-state index in [0.717, 1.165) is 37.1 Å². The van der Waals surface area contributed by atoms with E-state index in [-0.39, 0.29) is 0 Å². The molecular weight excluding hydrogens is 342 g/mol. The Bertz CT molecular complexity index is 700. The Hall–Kier alpha value is -2.19. The van der Waals surface area contributed by atoms with Crippen molar-refractivity contribution in [3.63, 3.8) is 0 Å². The van der Waals surface area contributed by atoms with E-state index in [2.05, 4.69) is 74.0 Å². The normalized spacial score (nSPS) is 12.4. The molecule has 0 amide bonds. The van der Waals surface area contributed by atoms with Crippen LogP contribution in [0.2, 0.25) is 0 Å². The van der Waals surface area contributed by atoms with Crippen molar-refractivity contribution in [1.82, 2.24) is 4.98 Å². The van der Waals surface area contributed by atoms with Crippen LogP contribution in [0.15, 0.2) is 61.3 Å². The lowest BCUT2D eigenvalue weighted by Gasteiger charge is -2.11. The summed E-state index contributed by atoms with van der Waals surface area (Å²) in [6.07, 6.45) is 16.6. The number of unbranched alkanes of at least 4 members (excludes halogenated alkanes) is 3. The second-order valence-electron chi connectivity index (χ2n) is 7.39. The van der Waals surface area contributed by atoms with Crippen LogP contribution in [0, 0.1) is 0 Å². The smallest absolute Gasteiger partial charge is 0.0702 e. The molecule has 1 heterocycles. The molecule has 1 aromatic carbocycles. The monoisotopic (exact) mass is 377 g/mol.